The first-order valence-electron chi connectivity index (χ1n) is 9.89. The summed E-state index contributed by atoms with van der Waals surface area (Å²) >= 11 is 0. The van der Waals surface area contributed by atoms with Gasteiger partial charge in [0.15, 0.2) is 0 Å². The van der Waals surface area contributed by atoms with Crippen LogP contribution in [0, 0.1) is 19.8 Å². The van der Waals surface area contributed by atoms with E-state index in [1.54, 1.807) is 26.2 Å². The summed E-state index contributed by atoms with van der Waals surface area (Å²) in [4.78, 5) is 17.8. The van der Waals surface area contributed by atoms with Gasteiger partial charge in [0.1, 0.15) is 11.4 Å². The highest BCUT2D eigenvalue weighted by Crippen LogP contribution is 2.47. The number of aromatic nitrogens is 4. The van der Waals surface area contributed by atoms with Gasteiger partial charge in [0.25, 0.3) is 0 Å². The molecule has 3 heterocycles. The second-order valence-corrected chi connectivity index (χ2v) is 8.30. The van der Waals surface area contributed by atoms with Crippen LogP contribution in [-0.2, 0) is 5.60 Å². The number of hydrogen-bond donors (Lipinski definition) is 1. The van der Waals surface area contributed by atoms with Gasteiger partial charge in [0.2, 0.25) is 5.88 Å². The van der Waals surface area contributed by atoms with Crippen molar-refractivity contribution in [2.75, 3.05) is 6.61 Å². The Morgan fingerprint density at radius 2 is 1.86 bits per heavy atom. The van der Waals surface area contributed by atoms with Crippen LogP contribution in [0.4, 0.5) is 0 Å². The number of ether oxygens (including phenoxy) is 1. The van der Waals surface area contributed by atoms with Crippen LogP contribution in [0.25, 0.3) is 11.1 Å². The number of pyridine rings is 2. The zero-order valence-corrected chi connectivity index (χ0v) is 17.3. The summed E-state index contributed by atoms with van der Waals surface area (Å²) in [6.07, 6.45) is 6.49. The summed E-state index contributed by atoms with van der Waals surface area (Å²) in [6, 6.07) is 7.95. The molecule has 6 nitrogen and oxygen atoms in total. The lowest BCUT2D eigenvalue weighted by Crippen LogP contribution is -2.17. The van der Waals surface area contributed by atoms with Crippen molar-refractivity contribution in [2.24, 2.45) is 5.92 Å². The van der Waals surface area contributed by atoms with Gasteiger partial charge in [-0.05, 0) is 51.8 Å². The number of aliphatic hydroxyl groups is 1. The van der Waals surface area contributed by atoms with Crippen molar-refractivity contribution >= 4 is 0 Å². The van der Waals surface area contributed by atoms with Crippen LogP contribution in [0.3, 0.4) is 0 Å². The summed E-state index contributed by atoms with van der Waals surface area (Å²) in [6.45, 7) is 7.93. The second-order valence-electron chi connectivity index (χ2n) is 8.30. The maximum atomic E-state index is 10.1. The van der Waals surface area contributed by atoms with Crippen molar-refractivity contribution in [3.8, 4) is 17.0 Å². The first-order chi connectivity index (χ1) is 13.8. The Balaban J connectivity index is 1.48. The highest BCUT2D eigenvalue weighted by Gasteiger charge is 2.40. The van der Waals surface area contributed by atoms with E-state index in [1.807, 2.05) is 32.2 Å². The van der Waals surface area contributed by atoms with E-state index in [0.29, 0.717) is 35.8 Å². The van der Waals surface area contributed by atoms with Crippen LogP contribution in [0.2, 0.25) is 0 Å². The third kappa shape index (κ3) is 4.43. The molecule has 0 bridgehead atoms. The summed E-state index contributed by atoms with van der Waals surface area (Å²) in [5.74, 6) is 2.13. The van der Waals surface area contributed by atoms with Crippen LogP contribution in [-0.4, -0.2) is 31.6 Å². The minimum atomic E-state index is -0.980. The van der Waals surface area contributed by atoms with Crippen LogP contribution in [0.5, 0.6) is 5.88 Å². The quantitative estimate of drug-likeness (QED) is 0.686. The molecule has 1 aliphatic carbocycles. The first kappa shape index (κ1) is 19.5. The molecule has 1 N–H and O–H groups in total. The monoisotopic (exact) mass is 390 g/mol. The average Bonchev–Trinajstić information content (AvgIpc) is 3.46. The maximum Gasteiger partial charge on any atom is 0.224 e. The highest BCUT2D eigenvalue weighted by atomic mass is 16.5. The standard InChI is InChI=1S/C23H26N4O2/c1-14-5-7-20(25-10-14)18-9-17(18)13-29-22-19(12-24-15(2)27-22)16-6-8-21(26-11-16)23(3,4)28/h5-8,10-12,17-18,28H,9,13H2,1-4H3/t17-,18+/m1/s1. The summed E-state index contributed by atoms with van der Waals surface area (Å²) < 4.78 is 6.11. The average molecular weight is 390 g/mol. The Hall–Kier alpha value is -2.86. The van der Waals surface area contributed by atoms with Crippen molar-refractivity contribution in [3.63, 3.8) is 0 Å². The smallest absolute Gasteiger partial charge is 0.224 e. The predicted molar refractivity (Wildman–Crippen MR) is 111 cm³/mol. The lowest BCUT2D eigenvalue weighted by atomic mass is 10.0. The van der Waals surface area contributed by atoms with E-state index in [2.05, 4.69) is 32.1 Å². The lowest BCUT2D eigenvalue weighted by molar-refractivity contribution is 0.0739. The molecule has 0 aromatic carbocycles. The molecule has 2 atom stereocenters. The first-order valence-corrected chi connectivity index (χ1v) is 9.89. The second kappa shape index (κ2) is 7.52. The Bertz CT molecular complexity index is 995. The van der Waals surface area contributed by atoms with Gasteiger partial charge < -0.3 is 9.84 Å². The minimum Gasteiger partial charge on any atom is -0.477 e. The number of rotatable bonds is 6. The van der Waals surface area contributed by atoms with Crippen molar-refractivity contribution < 1.29 is 9.84 Å². The molecule has 1 saturated carbocycles. The summed E-state index contributed by atoms with van der Waals surface area (Å²) in [5, 5.41) is 10.1. The number of hydrogen-bond acceptors (Lipinski definition) is 6. The molecular formula is C23H26N4O2. The number of aryl methyl sites for hydroxylation is 2. The molecule has 29 heavy (non-hydrogen) atoms. The Morgan fingerprint density at radius 1 is 1.03 bits per heavy atom. The molecule has 0 spiro atoms. The Labute approximate surface area is 171 Å². The van der Waals surface area contributed by atoms with Crippen LogP contribution in [0.1, 0.15) is 49.0 Å². The molecule has 1 aliphatic rings. The fourth-order valence-corrected chi connectivity index (χ4v) is 3.35. The molecule has 1 fully saturated rings. The van der Waals surface area contributed by atoms with Gasteiger partial charge in [-0.1, -0.05) is 12.1 Å². The predicted octanol–water partition coefficient (Wildman–Crippen LogP) is 3.96. The van der Waals surface area contributed by atoms with Gasteiger partial charge in [-0.15, -0.1) is 0 Å². The fourth-order valence-electron chi connectivity index (χ4n) is 3.35. The number of nitrogens with zero attached hydrogens (tertiary/aromatic N) is 4. The Kier molecular flexibility index (Phi) is 5.04. The molecule has 4 rings (SSSR count). The van der Waals surface area contributed by atoms with E-state index in [9.17, 15) is 5.11 Å². The molecule has 0 saturated heterocycles. The van der Waals surface area contributed by atoms with Gasteiger partial charge in [-0.3, -0.25) is 9.97 Å². The normalized spacial score (nSPS) is 18.5. The molecule has 150 valence electrons. The third-order valence-electron chi connectivity index (χ3n) is 5.25. The molecule has 0 aliphatic heterocycles. The molecule has 3 aromatic heterocycles. The van der Waals surface area contributed by atoms with E-state index in [0.717, 1.165) is 23.2 Å². The van der Waals surface area contributed by atoms with Gasteiger partial charge in [-0.2, -0.15) is 4.98 Å². The van der Waals surface area contributed by atoms with Crippen LogP contribution in [0.15, 0.2) is 42.9 Å². The third-order valence-corrected chi connectivity index (χ3v) is 5.25. The van der Waals surface area contributed by atoms with Gasteiger partial charge in [0.05, 0.1) is 17.9 Å². The van der Waals surface area contributed by atoms with E-state index < -0.39 is 5.60 Å². The van der Waals surface area contributed by atoms with Crippen LogP contribution < -0.4 is 4.74 Å². The fraction of sp³-hybridized carbons (Fsp3) is 0.391. The zero-order valence-electron chi connectivity index (χ0n) is 17.3. The summed E-state index contributed by atoms with van der Waals surface area (Å²) in [5.41, 5.74) is 3.61. The molecule has 0 radical (unpaired) electrons. The minimum absolute atomic E-state index is 0.448. The van der Waals surface area contributed by atoms with Gasteiger partial charge in [-0.25, -0.2) is 4.98 Å². The van der Waals surface area contributed by atoms with Crippen LogP contribution >= 0.6 is 0 Å². The van der Waals surface area contributed by atoms with Crippen molar-refractivity contribution in [1.29, 1.82) is 0 Å². The Morgan fingerprint density at radius 3 is 2.52 bits per heavy atom. The van der Waals surface area contributed by atoms with E-state index in [1.165, 1.54) is 5.56 Å². The molecule has 0 amide bonds. The van der Waals surface area contributed by atoms with Gasteiger partial charge in [0, 0.05) is 41.7 Å². The molecular weight excluding hydrogens is 364 g/mol. The van der Waals surface area contributed by atoms with E-state index in [4.69, 9.17) is 4.74 Å². The SMILES string of the molecule is Cc1ccc([C@H]2C[C@@H]2COc2nc(C)ncc2-c2ccc(C(C)(C)O)nc2)nc1. The zero-order chi connectivity index (χ0) is 20.6. The molecule has 3 aromatic rings. The molecule has 0 unspecified atom stereocenters. The van der Waals surface area contributed by atoms with Crippen molar-refractivity contribution in [1.82, 2.24) is 19.9 Å². The molecule has 6 heteroatoms. The van der Waals surface area contributed by atoms with Crippen molar-refractivity contribution in [3.05, 3.63) is 65.6 Å². The largest absolute Gasteiger partial charge is 0.477 e. The lowest BCUT2D eigenvalue weighted by Gasteiger charge is -2.17. The summed E-state index contributed by atoms with van der Waals surface area (Å²) in [7, 11) is 0. The van der Waals surface area contributed by atoms with Crippen molar-refractivity contribution in [2.45, 2.75) is 45.6 Å². The topological polar surface area (TPSA) is 81.0 Å². The maximum absolute atomic E-state index is 10.1. The van der Waals surface area contributed by atoms with E-state index >= 15 is 0 Å². The van der Waals surface area contributed by atoms with Gasteiger partial charge >= 0.3 is 0 Å². The van der Waals surface area contributed by atoms with E-state index in [-0.39, 0.29) is 0 Å². The highest BCUT2D eigenvalue weighted by molar-refractivity contribution is 5.67.